The van der Waals surface area contributed by atoms with Crippen LogP contribution in [-0.4, -0.2) is 11.9 Å². The van der Waals surface area contributed by atoms with E-state index in [0.29, 0.717) is 18.8 Å². The Morgan fingerprint density at radius 1 is 1.35 bits per heavy atom. The summed E-state index contributed by atoms with van der Waals surface area (Å²) in [7, 11) is 0. The lowest BCUT2D eigenvalue weighted by Crippen LogP contribution is -2.26. The number of benzene rings is 1. The number of amides is 1. The number of aryl methyl sites for hydroxylation is 1. The number of nitrogens with one attached hydrogen (secondary N) is 1. The molecule has 2 nitrogen and oxygen atoms in total. The summed E-state index contributed by atoms with van der Waals surface area (Å²) < 4.78 is 13.0. The summed E-state index contributed by atoms with van der Waals surface area (Å²) in [6.45, 7) is 0. The fourth-order valence-electron chi connectivity index (χ4n) is 2.40. The van der Waals surface area contributed by atoms with Crippen LogP contribution in [0.15, 0.2) is 41.8 Å². The van der Waals surface area contributed by atoms with Crippen molar-refractivity contribution in [2.75, 3.05) is 0 Å². The summed E-state index contributed by atoms with van der Waals surface area (Å²) in [6, 6.07) is 10.9. The Morgan fingerprint density at radius 2 is 2.25 bits per heavy atom. The maximum atomic E-state index is 13.0. The van der Waals surface area contributed by atoms with Gasteiger partial charge in [0.1, 0.15) is 5.82 Å². The second-order valence-corrected chi connectivity index (χ2v) is 6.14. The van der Waals surface area contributed by atoms with Gasteiger partial charge in [-0.25, -0.2) is 4.39 Å². The Balaban J connectivity index is 1.45. The molecule has 1 aliphatic carbocycles. The summed E-state index contributed by atoms with van der Waals surface area (Å²) in [5, 5.41) is 5.12. The maximum Gasteiger partial charge on any atom is 0.220 e. The Bertz CT molecular complexity index is 596. The predicted molar refractivity (Wildman–Crippen MR) is 78.3 cm³/mol. The number of halogens is 1. The third-order valence-electron chi connectivity index (χ3n) is 3.58. The van der Waals surface area contributed by atoms with Crippen LogP contribution in [0.1, 0.15) is 29.2 Å². The number of carbonyl (C=O) groups excluding carboxylic acids is 1. The topological polar surface area (TPSA) is 29.1 Å². The third-order valence-corrected chi connectivity index (χ3v) is 4.58. The molecule has 1 heterocycles. The fraction of sp³-hybridized carbons (Fsp3) is 0.312. The van der Waals surface area contributed by atoms with Gasteiger partial charge in [-0.15, -0.1) is 11.3 Å². The standard InChI is InChI=1S/C16H16FNOS/c17-12-4-1-3-11(9-12)6-7-16(19)18-14-10-13(14)15-5-2-8-20-15/h1-5,8-9,13-14H,6-7,10H2,(H,18,19). The quantitative estimate of drug-likeness (QED) is 0.897. The molecular formula is C16H16FNOS. The zero-order chi connectivity index (χ0) is 13.9. The van der Waals surface area contributed by atoms with E-state index >= 15 is 0 Å². The van der Waals surface area contributed by atoms with Crippen molar-refractivity contribution in [2.45, 2.75) is 31.2 Å². The van der Waals surface area contributed by atoms with Crippen molar-refractivity contribution in [3.63, 3.8) is 0 Å². The van der Waals surface area contributed by atoms with Crippen LogP contribution in [0.4, 0.5) is 4.39 Å². The van der Waals surface area contributed by atoms with Crippen LogP contribution >= 0.6 is 11.3 Å². The van der Waals surface area contributed by atoms with Gasteiger partial charge >= 0.3 is 0 Å². The smallest absolute Gasteiger partial charge is 0.220 e. The summed E-state index contributed by atoms with van der Waals surface area (Å²) >= 11 is 1.74. The summed E-state index contributed by atoms with van der Waals surface area (Å²) in [5.41, 5.74) is 0.866. The summed E-state index contributed by atoms with van der Waals surface area (Å²) in [4.78, 5) is 13.2. The molecule has 0 saturated heterocycles. The molecule has 1 N–H and O–H groups in total. The molecule has 1 aromatic heterocycles. The molecule has 1 saturated carbocycles. The van der Waals surface area contributed by atoms with E-state index in [9.17, 15) is 9.18 Å². The first-order valence-electron chi connectivity index (χ1n) is 6.79. The van der Waals surface area contributed by atoms with Gasteiger partial charge in [-0.2, -0.15) is 0 Å². The minimum absolute atomic E-state index is 0.0540. The van der Waals surface area contributed by atoms with Gasteiger partial charge < -0.3 is 5.32 Å². The molecule has 2 unspecified atom stereocenters. The normalized spacial score (nSPS) is 20.6. The van der Waals surface area contributed by atoms with Crippen LogP contribution in [0.25, 0.3) is 0 Å². The first kappa shape index (κ1) is 13.3. The second kappa shape index (κ2) is 5.75. The summed E-state index contributed by atoms with van der Waals surface area (Å²) in [6.07, 6.45) is 2.03. The molecule has 1 fully saturated rings. The van der Waals surface area contributed by atoms with Crippen LogP contribution in [0.2, 0.25) is 0 Å². The van der Waals surface area contributed by atoms with Crippen LogP contribution < -0.4 is 5.32 Å². The van der Waals surface area contributed by atoms with Crippen molar-refractivity contribution in [3.8, 4) is 0 Å². The highest BCUT2D eigenvalue weighted by Crippen LogP contribution is 2.42. The lowest BCUT2D eigenvalue weighted by atomic mass is 10.1. The first-order valence-corrected chi connectivity index (χ1v) is 7.67. The minimum atomic E-state index is -0.247. The molecule has 0 radical (unpaired) electrons. The highest BCUT2D eigenvalue weighted by molar-refractivity contribution is 7.10. The van der Waals surface area contributed by atoms with Gasteiger partial charge in [0.05, 0.1) is 0 Å². The van der Waals surface area contributed by atoms with Crippen LogP contribution in [0, 0.1) is 5.82 Å². The van der Waals surface area contributed by atoms with Crippen molar-refractivity contribution < 1.29 is 9.18 Å². The molecule has 20 heavy (non-hydrogen) atoms. The zero-order valence-electron chi connectivity index (χ0n) is 11.0. The number of hydrogen-bond acceptors (Lipinski definition) is 2. The number of carbonyl (C=O) groups is 1. The number of thiophene rings is 1. The molecule has 4 heteroatoms. The lowest BCUT2D eigenvalue weighted by Gasteiger charge is -2.04. The molecule has 1 amide bonds. The van der Waals surface area contributed by atoms with Gasteiger partial charge in [0, 0.05) is 23.3 Å². The molecule has 1 aliphatic rings. The Morgan fingerprint density at radius 3 is 3.00 bits per heavy atom. The van der Waals surface area contributed by atoms with Crippen LogP contribution in [0.5, 0.6) is 0 Å². The van der Waals surface area contributed by atoms with E-state index in [4.69, 9.17) is 0 Å². The first-order chi connectivity index (χ1) is 9.72. The third kappa shape index (κ3) is 3.25. The van der Waals surface area contributed by atoms with Gasteiger partial charge in [0.2, 0.25) is 5.91 Å². The van der Waals surface area contributed by atoms with E-state index in [1.165, 1.54) is 17.0 Å². The molecule has 104 valence electrons. The van der Waals surface area contributed by atoms with E-state index in [1.54, 1.807) is 17.4 Å². The molecule has 2 aromatic rings. The van der Waals surface area contributed by atoms with E-state index < -0.39 is 0 Å². The van der Waals surface area contributed by atoms with Gasteiger partial charge in [-0.1, -0.05) is 18.2 Å². The average Bonchev–Trinajstić information content (AvgIpc) is 2.98. The Labute approximate surface area is 121 Å². The van der Waals surface area contributed by atoms with E-state index in [0.717, 1.165) is 12.0 Å². The zero-order valence-corrected chi connectivity index (χ0v) is 11.8. The Hall–Kier alpha value is -1.68. The molecule has 0 bridgehead atoms. The molecule has 0 aliphatic heterocycles. The van der Waals surface area contributed by atoms with Gasteiger partial charge in [0.25, 0.3) is 0 Å². The molecule has 2 atom stereocenters. The van der Waals surface area contributed by atoms with Gasteiger partial charge in [-0.3, -0.25) is 4.79 Å². The minimum Gasteiger partial charge on any atom is -0.353 e. The molecule has 3 rings (SSSR count). The Kier molecular flexibility index (Phi) is 3.83. The van der Waals surface area contributed by atoms with Crippen molar-refractivity contribution in [3.05, 3.63) is 58.0 Å². The monoisotopic (exact) mass is 289 g/mol. The van der Waals surface area contributed by atoms with Crippen molar-refractivity contribution in [1.82, 2.24) is 5.32 Å². The van der Waals surface area contributed by atoms with E-state index in [2.05, 4.69) is 16.8 Å². The van der Waals surface area contributed by atoms with Crippen molar-refractivity contribution >= 4 is 17.2 Å². The largest absolute Gasteiger partial charge is 0.353 e. The summed E-state index contributed by atoms with van der Waals surface area (Å²) in [5.74, 6) is 0.300. The molecule has 1 aromatic carbocycles. The lowest BCUT2D eigenvalue weighted by molar-refractivity contribution is -0.121. The van der Waals surface area contributed by atoms with Gasteiger partial charge in [0.15, 0.2) is 0 Å². The second-order valence-electron chi connectivity index (χ2n) is 5.16. The predicted octanol–water partition coefficient (Wildman–Crippen LogP) is 3.49. The average molecular weight is 289 g/mol. The highest BCUT2D eigenvalue weighted by Gasteiger charge is 2.39. The van der Waals surface area contributed by atoms with Gasteiger partial charge in [-0.05, 0) is 42.0 Å². The van der Waals surface area contributed by atoms with Crippen LogP contribution in [0.3, 0.4) is 0 Å². The molecule has 0 spiro atoms. The van der Waals surface area contributed by atoms with E-state index in [-0.39, 0.29) is 17.8 Å². The van der Waals surface area contributed by atoms with Crippen LogP contribution in [-0.2, 0) is 11.2 Å². The number of rotatable bonds is 5. The number of hydrogen-bond donors (Lipinski definition) is 1. The van der Waals surface area contributed by atoms with Crippen molar-refractivity contribution in [1.29, 1.82) is 0 Å². The highest BCUT2D eigenvalue weighted by atomic mass is 32.1. The van der Waals surface area contributed by atoms with E-state index in [1.807, 2.05) is 12.1 Å². The van der Waals surface area contributed by atoms with Crippen molar-refractivity contribution in [2.24, 2.45) is 0 Å². The fourth-order valence-corrected chi connectivity index (χ4v) is 3.31. The maximum absolute atomic E-state index is 13.0. The molecular weight excluding hydrogens is 273 g/mol. The SMILES string of the molecule is O=C(CCc1cccc(F)c1)NC1CC1c1cccs1.